The fraction of sp³-hybridized carbons (Fsp3) is 0.867. The molecule has 2 N–H and O–H groups in total. The predicted molar refractivity (Wildman–Crippen MR) is 77.6 cm³/mol. The van der Waals surface area contributed by atoms with Crippen LogP contribution < -0.4 is 5.32 Å². The molecule has 1 aliphatic carbocycles. The summed E-state index contributed by atoms with van der Waals surface area (Å²) in [5, 5.41) is 13.1. The van der Waals surface area contributed by atoms with E-state index in [1.54, 1.807) is 12.0 Å². The molecule has 2 amide bonds. The molecule has 0 spiro atoms. The lowest BCUT2D eigenvalue weighted by Gasteiger charge is -2.22. The highest BCUT2D eigenvalue weighted by Gasteiger charge is 2.35. The highest BCUT2D eigenvalue weighted by atomic mass is 16.5. The van der Waals surface area contributed by atoms with Gasteiger partial charge in [-0.05, 0) is 19.3 Å². The fourth-order valence-corrected chi connectivity index (χ4v) is 3.21. The average molecular weight is 298 g/mol. The van der Waals surface area contributed by atoms with E-state index in [-0.39, 0.29) is 24.2 Å². The van der Waals surface area contributed by atoms with Gasteiger partial charge in [0, 0.05) is 33.2 Å². The summed E-state index contributed by atoms with van der Waals surface area (Å²) in [7, 11) is 1.60. The van der Waals surface area contributed by atoms with Crippen molar-refractivity contribution >= 4 is 11.8 Å². The Kier molecular flexibility index (Phi) is 5.58. The minimum absolute atomic E-state index is 0.0154. The Morgan fingerprint density at radius 2 is 2.19 bits per heavy atom. The van der Waals surface area contributed by atoms with Gasteiger partial charge < -0.3 is 20.1 Å². The van der Waals surface area contributed by atoms with Crippen LogP contribution in [0.5, 0.6) is 0 Å². The molecule has 6 heteroatoms. The number of carbonyl (C=O) groups excluding carboxylic acids is 2. The normalized spacial score (nSPS) is 24.6. The maximum atomic E-state index is 12.1. The molecule has 0 bridgehead atoms. The molecule has 0 aromatic carbocycles. The summed E-state index contributed by atoms with van der Waals surface area (Å²) in [5.41, 5.74) is -0.594. The van der Waals surface area contributed by atoms with Gasteiger partial charge in [0.25, 0.3) is 0 Å². The molecular formula is C15H26N2O4. The molecule has 6 nitrogen and oxygen atoms in total. The van der Waals surface area contributed by atoms with Crippen LogP contribution in [0, 0.1) is 5.92 Å². The highest BCUT2D eigenvalue weighted by molar-refractivity contribution is 5.89. The third kappa shape index (κ3) is 4.41. The molecule has 0 aromatic heterocycles. The summed E-state index contributed by atoms with van der Waals surface area (Å²) in [6.07, 6.45) is 4.67. The van der Waals surface area contributed by atoms with Crippen LogP contribution in [-0.4, -0.2) is 60.8 Å². The lowest BCUT2D eigenvalue weighted by molar-refractivity contribution is -0.129. The molecule has 1 aliphatic heterocycles. The third-order valence-corrected chi connectivity index (χ3v) is 4.57. The maximum Gasteiger partial charge on any atom is 0.225 e. The molecule has 0 aromatic rings. The molecule has 0 unspecified atom stereocenters. The van der Waals surface area contributed by atoms with Gasteiger partial charge in [0.1, 0.15) is 0 Å². The Morgan fingerprint density at radius 3 is 2.86 bits per heavy atom. The lowest BCUT2D eigenvalue weighted by Crippen LogP contribution is -2.37. The molecule has 1 atom stereocenters. The SMILES string of the molecule is COCCN1C[C@H](C(=O)NCCC2(O)CCCC2)CC1=O. The topological polar surface area (TPSA) is 78.9 Å². The number of likely N-dealkylation sites (tertiary alicyclic amines) is 1. The van der Waals surface area contributed by atoms with Crippen LogP contribution in [0.1, 0.15) is 38.5 Å². The Balaban J connectivity index is 1.70. The van der Waals surface area contributed by atoms with E-state index >= 15 is 0 Å². The maximum absolute atomic E-state index is 12.1. The first-order chi connectivity index (χ1) is 10.0. The summed E-state index contributed by atoms with van der Waals surface area (Å²) in [6, 6.07) is 0. The van der Waals surface area contributed by atoms with Gasteiger partial charge >= 0.3 is 0 Å². The Bertz CT molecular complexity index is 380. The smallest absolute Gasteiger partial charge is 0.225 e. The van der Waals surface area contributed by atoms with Gasteiger partial charge in [0.2, 0.25) is 11.8 Å². The van der Waals surface area contributed by atoms with E-state index in [0.29, 0.717) is 32.7 Å². The fourth-order valence-electron chi connectivity index (χ4n) is 3.21. The summed E-state index contributed by atoms with van der Waals surface area (Å²) in [6.45, 7) is 1.99. The largest absolute Gasteiger partial charge is 0.390 e. The van der Waals surface area contributed by atoms with Crippen molar-refractivity contribution in [2.45, 2.75) is 44.1 Å². The lowest BCUT2D eigenvalue weighted by atomic mass is 9.98. The van der Waals surface area contributed by atoms with E-state index in [2.05, 4.69) is 5.32 Å². The van der Waals surface area contributed by atoms with E-state index in [0.717, 1.165) is 25.7 Å². The summed E-state index contributed by atoms with van der Waals surface area (Å²) in [5.74, 6) is -0.334. The van der Waals surface area contributed by atoms with Gasteiger partial charge in [-0.2, -0.15) is 0 Å². The predicted octanol–water partition coefficient (Wildman–Crippen LogP) is 0.293. The van der Waals surface area contributed by atoms with E-state index in [1.807, 2.05) is 0 Å². The molecule has 2 fully saturated rings. The first kappa shape index (κ1) is 16.2. The van der Waals surface area contributed by atoms with Gasteiger partial charge in [-0.25, -0.2) is 0 Å². The summed E-state index contributed by atoms with van der Waals surface area (Å²) in [4.78, 5) is 25.5. The molecule has 1 heterocycles. The number of aliphatic hydroxyl groups is 1. The second-order valence-corrected chi connectivity index (χ2v) is 6.21. The summed E-state index contributed by atoms with van der Waals surface area (Å²) >= 11 is 0. The Morgan fingerprint density at radius 1 is 1.48 bits per heavy atom. The van der Waals surface area contributed by atoms with Crippen molar-refractivity contribution in [2.24, 2.45) is 5.92 Å². The van der Waals surface area contributed by atoms with Crippen LogP contribution >= 0.6 is 0 Å². The molecule has 2 rings (SSSR count). The van der Waals surface area contributed by atoms with Crippen molar-refractivity contribution in [1.82, 2.24) is 10.2 Å². The minimum Gasteiger partial charge on any atom is -0.390 e. The Labute approximate surface area is 125 Å². The number of ether oxygens (including phenoxy) is 1. The summed E-state index contributed by atoms with van der Waals surface area (Å²) < 4.78 is 4.96. The minimum atomic E-state index is -0.594. The van der Waals surface area contributed by atoms with Gasteiger partial charge in [0.05, 0.1) is 18.1 Å². The van der Waals surface area contributed by atoms with Crippen LogP contribution in [0.25, 0.3) is 0 Å². The number of hydrogen-bond acceptors (Lipinski definition) is 4. The van der Waals surface area contributed by atoms with Crippen molar-refractivity contribution in [3.63, 3.8) is 0 Å². The van der Waals surface area contributed by atoms with E-state index in [4.69, 9.17) is 4.74 Å². The van der Waals surface area contributed by atoms with Gasteiger partial charge in [-0.15, -0.1) is 0 Å². The van der Waals surface area contributed by atoms with Crippen LogP contribution in [-0.2, 0) is 14.3 Å². The van der Waals surface area contributed by atoms with Gasteiger partial charge in [-0.1, -0.05) is 12.8 Å². The van der Waals surface area contributed by atoms with E-state index in [1.165, 1.54) is 0 Å². The van der Waals surface area contributed by atoms with Gasteiger partial charge in [0.15, 0.2) is 0 Å². The third-order valence-electron chi connectivity index (χ3n) is 4.57. The number of carbonyl (C=O) groups is 2. The quantitative estimate of drug-likeness (QED) is 0.708. The van der Waals surface area contributed by atoms with Crippen LogP contribution in [0.3, 0.4) is 0 Å². The number of methoxy groups -OCH3 is 1. The second kappa shape index (κ2) is 7.22. The van der Waals surface area contributed by atoms with Crippen molar-refractivity contribution in [3.8, 4) is 0 Å². The van der Waals surface area contributed by atoms with E-state index in [9.17, 15) is 14.7 Å². The number of nitrogens with one attached hydrogen (secondary N) is 1. The van der Waals surface area contributed by atoms with Crippen LogP contribution in [0.2, 0.25) is 0 Å². The van der Waals surface area contributed by atoms with E-state index < -0.39 is 5.60 Å². The molecular weight excluding hydrogens is 272 g/mol. The number of hydrogen-bond donors (Lipinski definition) is 2. The number of nitrogens with zero attached hydrogens (tertiary/aromatic N) is 1. The number of rotatable bonds is 7. The monoisotopic (exact) mass is 298 g/mol. The first-order valence-electron chi connectivity index (χ1n) is 7.81. The molecule has 1 saturated carbocycles. The Hall–Kier alpha value is -1.14. The van der Waals surface area contributed by atoms with Crippen LogP contribution in [0.4, 0.5) is 0 Å². The molecule has 2 aliphatic rings. The number of amides is 2. The van der Waals surface area contributed by atoms with Crippen molar-refractivity contribution in [3.05, 3.63) is 0 Å². The van der Waals surface area contributed by atoms with Crippen LogP contribution in [0.15, 0.2) is 0 Å². The zero-order chi connectivity index (χ0) is 15.3. The zero-order valence-corrected chi connectivity index (χ0v) is 12.8. The average Bonchev–Trinajstić information content (AvgIpc) is 3.03. The van der Waals surface area contributed by atoms with Crippen molar-refractivity contribution in [1.29, 1.82) is 0 Å². The molecule has 1 saturated heterocycles. The molecule has 120 valence electrons. The molecule has 21 heavy (non-hydrogen) atoms. The highest BCUT2D eigenvalue weighted by Crippen LogP contribution is 2.31. The van der Waals surface area contributed by atoms with Gasteiger partial charge in [-0.3, -0.25) is 9.59 Å². The first-order valence-corrected chi connectivity index (χ1v) is 7.81. The van der Waals surface area contributed by atoms with Crippen molar-refractivity contribution in [2.75, 3.05) is 33.4 Å². The second-order valence-electron chi connectivity index (χ2n) is 6.21. The molecule has 0 radical (unpaired) electrons. The zero-order valence-electron chi connectivity index (χ0n) is 12.8. The van der Waals surface area contributed by atoms with Crippen molar-refractivity contribution < 1.29 is 19.4 Å². The standard InChI is InChI=1S/C15H26N2O4/c1-21-9-8-17-11-12(10-13(17)18)14(19)16-7-6-15(20)4-2-3-5-15/h12,20H,2-11H2,1H3,(H,16,19)/t12-/m1/s1.